The first-order chi connectivity index (χ1) is 15.6. The van der Waals surface area contributed by atoms with Crippen LogP contribution in [0.5, 0.6) is 0 Å². The fourth-order valence-corrected chi connectivity index (χ4v) is 4.88. The van der Waals surface area contributed by atoms with Gasteiger partial charge in [-0.15, -0.1) is 0 Å². The Bertz CT molecular complexity index is 1160. The van der Waals surface area contributed by atoms with Gasteiger partial charge < -0.3 is 15.0 Å². The van der Waals surface area contributed by atoms with Gasteiger partial charge in [-0.3, -0.25) is 9.36 Å². The standard InChI is InChI=1S/C25H31N5O2/c1-17-5-3-4-6-21(17)22-15-18-16-26-25(27-19-7-11-29(2)12-8-19)28-23(18)30(24(22)31)20-9-13-32-14-10-20/h3-6,15-16,19-20H,7-14H2,1-2H3,(H,26,27,28). The van der Waals surface area contributed by atoms with E-state index in [0.29, 0.717) is 36.4 Å². The molecule has 5 rings (SSSR count). The number of pyridine rings is 1. The predicted octanol–water partition coefficient (Wildman–Crippen LogP) is 3.62. The summed E-state index contributed by atoms with van der Waals surface area (Å²) in [4.78, 5) is 25.6. The number of nitrogens with one attached hydrogen (secondary N) is 1. The van der Waals surface area contributed by atoms with E-state index in [1.54, 1.807) is 0 Å². The lowest BCUT2D eigenvalue weighted by atomic mass is 10.00. The molecule has 0 saturated carbocycles. The van der Waals surface area contributed by atoms with Gasteiger partial charge in [0.05, 0.1) is 0 Å². The quantitative estimate of drug-likeness (QED) is 0.678. The molecule has 2 fully saturated rings. The molecule has 0 bridgehead atoms. The van der Waals surface area contributed by atoms with Crippen LogP contribution < -0.4 is 10.9 Å². The van der Waals surface area contributed by atoms with Crippen LogP contribution in [0.25, 0.3) is 22.2 Å². The molecule has 0 spiro atoms. The molecule has 0 amide bonds. The Balaban J connectivity index is 1.60. The summed E-state index contributed by atoms with van der Waals surface area (Å²) < 4.78 is 7.48. The highest BCUT2D eigenvalue weighted by Gasteiger charge is 2.23. The van der Waals surface area contributed by atoms with E-state index in [4.69, 9.17) is 9.72 Å². The maximum Gasteiger partial charge on any atom is 0.260 e. The van der Waals surface area contributed by atoms with Crippen molar-refractivity contribution in [1.29, 1.82) is 0 Å². The van der Waals surface area contributed by atoms with E-state index in [0.717, 1.165) is 55.3 Å². The second kappa shape index (κ2) is 9.00. The summed E-state index contributed by atoms with van der Waals surface area (Å²) in [5.41, 5.74) is 3.49. The number of fused-ring (bicyclic) bond motifs is 1. The van der Waals surface area contributed by atoms with Crippen LogP contribution in [0.15, 0.2) is 41.3 Å². The van der Waals surface area contributed by atoms with Crippen molar-refractivity contribution in [2.75, 3.05) is 38.7 Å². The molecule has 0 unspecified atom stereocenters. The maximum absolute atomic E-state index is 13.8. The van der Waals surface area contributed by atoms with Gasteiger partial charge in [-0.2, -0.15) is 4.98 Å². The molecule has 168 valence electrons. The van der Waals surface area contributed by atoms with Gasteiger partial charge in [0.2, 0.25) is 5.95 Å². The lowest BCUT2D eigenvalue weighted by Crippen LogP contribution is -2.37. The molecule has 0 atom stereocenters. The van der Waals surface area contributed by atoms with Gasteiger partial charge in [0, 0.05) is 42.4 Å². The maximum atomic E-state index is 13.8. The Morgan fingerprint density at radius 2 is 1.81 bits per heavy atom. The van der Waals surface area contributed by atoms with Gasteiger partial charge in [-0.25, -0.2) is 4.98 Å². The van der Waals surface area contributed by atoms with Gasteiger partial charge in [-0.1, -0.05) is 24.3 Å². The molecule has 2 aromatic heterocycles. The normalized spacial score (nSPS) is 18.8. The number of hydrogen-bond donors (Lipinski definition) is 1. The number of rotatable bonds is 4. The first-order valence-electron chi connectivity index (χ1n) is 11.6. The molecule has 3 aromatic rings. The predicted molar refractivity (Wildman–Crippen MR) is 127 cm³/mol. The monoisotopic (exact) mass is 433 g/mol. The topological polar surface area (TPSA) is 72.3 Å². The highest BCUT2D eigenvalue weighted by Crippen LogP contribution is 2.28. The van der Waals surface area contributed by atoms with E-state index in [9.17, 15) is 4.79 Å². The Morgan fingerprint density at radius 3 is 2.56 bits per heavy atom. The minimum Gasteiger partial charge on any atom is -0.381 e. The summed E-state index contributed by atoms with van der Waals surface area (Å²) in [5, 5.41) is 4.40. The molecule has 2 saturated heterocycles. The van der Waals surface area contributed by atoms with Crippen molar-refractivity contribution in [2.24, 2.45) is 0 Å². The zero-order chi connectivity index (χ0) is 22.1. The van der Waals surface area contributed by atoms with Gasteiger partial charge in [0.25, 0.3) is 5.56 Å². The molecule has 0 aliphatic carbocycles. The first kappa shape index (κ1) is 21.1. The molecule has 4 heterocycles. The average Bonchev–Trinajstić information content (AvgIpc) is 2.81. The smallest absolute Gasteiger partial charge is 0.260 e. The van der Waals surface area contributed by atoms with Crippen molar-refractivity contribution in [3.05, 3.63) is 52.4 Å². The van der Waals surface area contributed by atoms with Crippen LogP contribution in [0.3, 0.4) is 0 Å². The number of hydrogen-bond acceptors (Lipinski definition) is 6. The third kappa shape index (κ3) is 4.14. The first-order valence-corrected chi connectivity index (χ1v) is 11.6. The number of anilines is 1. The molecule has 7 nitrogen and oxygen atoms in total. The zero-order valence-corrected chi connectivity index (χ0v) is 18.9. The Labute approximate surface area is 188 Å². The minimum absolute atomic E-state index is 0.0163. The van der Waals surface area contributed by atoms with Gasteiger partial charge in [0.1, 0.15) is 5.65 Å². The molecular formula is C25H31N5O2. The van der Waals surface area contributed by atoms with Gasteiger partial charge >= 0.3 is 0 Å². The van der Waals surface area contributed by atoms with E-state index in [-0.39, 0.29) is 11.6 Å². The van der Waals surface area contributed by atoms with Crippen LogP contribution in [0.2, 0.25) is 0 Å². The summed E-state index contributed by atoms with van der Waals surface area (Å²) in [6.45, 7) is 5.51. The minimum atomic E-state index is 0.0163. The Hall–Kier alpha value is -2.77. The van der Waals surface area contributed by atoms with Crippen LogP contribution in [0.4, 0.5) is 5.95 Å². The second-order valence-corrected chi connectivity index (χ2v) is 9.09. The molecular weight excluding hydrogens is 402 g/mol. The third-order valence-corrected chi connectivity index (χ3v) is 6.82. The summed E-state index contributed by atoms with van der Waals surface area (Å²) >= 11 is 0. The van der Waals surface area contributed by atoms with Crippen molar-refractivity contribution in [3.63, 3.8) is 0 Å². The molecule has 1 aromatic carbocycles. The molecule has 0 radical (unpaired) electrons. The number of nitrogens with zero attached hydrogens (tertiary/aromatic N) is 4. The Kier molecular flexibility index (Phi) is 5.93. The third-order valence-electron chi connectivity index (χ3n) is 6.82. The summed E-state index contributed by atoms with van der Waals surface area (Å²) in [7, 11) is 2.15. The lowest BCUT2D eigenvalue weighted by Gasteiger charge is -2.29. The van der Waals surface area contributed by atoms with E-state index in [2.05, 4.69) is 22.2 Å². The van der Waals surface area contributed by atoms with Crippen LogP contribution >= 0.6 is 0 Å². The van der Waals surface area contributed by atoms with Crippen LogP contribution in [-0.4, -0.2) is 58.8 Å². The van der Waals surface area contributed by atoms with Crippen molar-refractivity contribution < 1.29 is 4.74 Å². The zero-order valence-electron chi connectivity index (χ0n) is 18.9. The van der Waals surface area contributed by atoms with E-state index in [1.165, 1.54) is 0 Å². The largest absolute Gasteiger partial charge is 0.381 e. The van der Waals surface area contributed by atoms with Gasteiger partial charge in [-0.05, 0) is 69.9 Å². The van der Waals surface area contributed by atoms with E-state index < -0.39 is 0 Å². The summed E-state index contributed by atoms with van der Waals surface area (Å²) in [6, 6.07) is 10.4. The van der Waals surface area contributed by atoms with E-state index >= 15 is 0 Å². The molecule has 1 N–H and O–H groups in total. The molecule has 2 aliphatic heterocycles. The highest BCUT2D eigenvalue weighted by atomic mass is 16.5. The lowest BCUT2D eigenvalue weighted by molar-refractivity contribution is 0.0697. The number of likely N-dealkylation sites (tertiary alicyclic amines) is 1. The second-order valence-electron chi connectivity index (χ2n) is 9.09. The van der Waals surface area contributed by atoms with Gasteiger partial charge in [0.15, 0.2) is 0 Å². The fraction of sp³-hybridized carbons (Fsp3) is 0.480. The number of aryl methyl sites for hydroxylation is 1. The molecule has 7 heteroatoms. The Morgan fingerprint density at radius 1 is 1.06 bits per heavy atom. The number of ether oxygens (including phenoxy) is 1. The van der Waals surface area contributed by atoms with Crippen LogP contribution in [0, 0.1) is 6.92 Å². The number of benzene rings is 1. The van der Waals surface area contributed by atoms with Crippen LogP contribution in [0.1, 0.15) is 37.3 Å². The van der Waals surface area contributed by atoms with Crippen molar-refractivity contribution in [2.45, 2.75) is 44.7 Å². The van der Waals surface area contributed by atoms with Crippen molar-refractivity contribution in [3.8, 4) is 11.1 Å². The average molecular weight is 434 g/mol. The number of piperidine rings is 1. The molecule has 2 aliphatic rings. The summed E-state index contributed by atoms with van der Waals surface area (Å²) in [5.74, 6) is 0.607. The highest BCUT2D eigenvalue weighted by molar-refractivity contribution is 5.82. The fourth-order valence-electron chi connectivity index (χ4n) is 4.88. The number of aromatic nitrogens is 3. The van der Waals surface area contributed by atoms with Crippen molar-refractivity contribution >= 4 is 17.0 Å². The molecule has 32 heavy (non-hydrogen) atoms. The van der Waals surface area contributed by atoms with Crippen molar-refractivity contribution in [1.82, 2.24) is 19.4 Å². The van der Waals surface area contributed by atoms with Crippen LogP contribution in [-0.2, 0) is 4.74 Å². The van der Waals surface area contributed by atoms with E-state index in [1.807, 2.05) is 48.0 Å². The SMILES string of the molecule is Cc1ccccc1-c1cc2cnc(NC3CCN(C)CC3)nc2n(C2CCOCC2)c1=O. The summed E-state index contributed by atoms with van der Waals surface area (Å²) in [6.07, 6.45) is 5.62.